The summed E-state index contributed by atoms with van der Waals surface area (Å²) in [6, 6.07) is 10.2. The van der Waals surface area contributed by atoms with Crippen LogP contribution in [0.2, 0.25) is 5.02 Å². The molecule has 29 heavy (non-hydrogen) atoms. The maximum absolute atomic E-state index is 13.2. The van der Waals surface area contributed by atoms with E-state index in [1.165, 1.54) is 12.1 Å². The Morgan fingerprint density at radius 1 is 0.966 bits per heavy atom. The summed E-state index contributed by atoms with van der Waals surface area (Å²) in [4.78, 5) is 0. The van der Waals surface area contributed by atoms with Crippen molar-refractivity contribution in [3.63, 3.8) is 0 Å². The van der Waals surface area contributed by atoms with Gasteiger partial charge in [0, 0.05) is 25.3 Å². The topological polar surface area (TPSA) is 39.7 Å². The lowest BCUT2D eigenvalue weighted by molar-refractivity contribution is 0.129. The molecule has 0 atom stereocenters. The van der Waals surface area contributed by atoms with Gasteiger partial charge in [-0.25, -0.2) is 4.39 Å². The number of benzene rings is 2. The van der Waals surface area contributed by atoms with Crippen molar-refractivity contribution in [2.24, 2.45) is 0 Å². The van der Waals surface area contributed by atoms with Crippen molar-refractivity contribution in [3.8, 4) is 11.5 Å². The SMILES string of the molecule is CCCCOCCCNCc1ccc(OCc2ccc(F)cc2Cl)c(OCC)c1. The highest BCUT2D eigenvalue weighted by Crippen LogP contribution is 2.30. The third-order valence-corrected chi connectivity index (χ3v) is 4.67. The van der Waals surface area contributed by atoms with E-state index in [4.69, 9.17) is 25.8 Å². The van der Waals surface area contributed by atoms with Gasteiger partial charge in [-0.2, -0.15) is 0 Å². The van der Waals surface area contributed by atoms with Gasteiger partial charge in [0.1, 0.15) is 12.4 Å². The van der Waals surface area contributed by atoms with E-state index in [0.717, 1.165) is 56.7 Å². The Bertz CT molecular complexity index is 742. The standard InChI is InChI=1S/C23H31ClFNO3/c1-3-5-12-27-13-6-11-26-16-18-7-10-22(23(14-18)28-4-2)29-17-19-8-9-20(25)15-21(19)24/h7-10,14-15,26H,3-6,11-13,16-17H2,1-2H3. The maximum atomic E-state index is 13.2. The molecule has 0 aliphatic heterocycles. The normalized spacial score (nSPS) is 10.9. The molecule has 6 heteroatoms. The molecular formula is C23H31ClFNO3. The minimum atomic E-state index is -0.363. The van der Waals surface area contributed by atoms with E-state index in [1.807, 2.05) is 25.1 Å². The van der Waals surface area contributed by atoms with Gasteiger partial charge in [0.15, 0.2) is 11.5 Å². The Balaban J connectivity index is 1.84. The average molecular weight is 424 g/mol. The van der Waals surface area contributed by atoms with E-state index in [2.05, 4.69) is 12.2 Å². The molecule has 0 aromatic heterocycles. The van der Waals surface area contributed by atoms with E-state index < -0.39 is 0 Å². The molecule has 0 heterocycles. The summed E-state index contributed by atoms with van der Waals surface area (Å²) in [6.07, 6.45) is 3.27. The van der Waals surface area contributed by atoms with Crippen molar-refractivity contribution >= 4 is 11.6 Å². The number of unbranched alkanes of at least 4 members (excludes halogenated alkanes) is 1. The lowest BCUT2D eigenvalue weighted by Crippen LogP contribution is -2.16. The summed E-state index contributed by atoms with van der Waals surface area (Å²) in [7, 11) is 0. The van der Waals surface area contributed by atoms with Crippen LogP contribution in [0.15, 0.2) is 36.4 Å². The quantitative estimate of drug-likeness (QED) is 0.392. The molecule has 0 aliphatic rings. The van der Waals surface area contributed by atoms with E-state index in [0.29, 0.717) is 23.1 Å². The second-order valence-electron chi connectivity index (χ2n) is 6.73. The summed E-state index contributed by atoms with van der Waals surface area (Å²) in [5.74, 6) is 0.964. The molecule has 1 N–H and O–H groups in total. The maximum Gasteiger partial charge on any atom is 0.161 e. The van der Waals surface area contributed by atoms with Gasteiger partial charge in [-0.3, -0.25) is 0 Å². The first-order chi connectivity index (χ1) is 14.1. The molecule has 160 valence electrons. The molecule has 0 fully saturated rings. The van der Waals surface area contributed by atoms with Crippen molar-refractivity contribution in [3.05, 3.63) is 58.4 Å². The molecule has 0 unspecified atom stereocenters. The third-order valence-electron chi connectivity index (χ3n) is 4.32. The van der Waals surface area contributed by atoms with E-state index in [9.17, 15) is 4.39 Å². The summed E-state index contributed by atoms with van der Waals surface area (Å²) < 4.78 is 30.4. The smallest absolute Gasteiger partial charge is 0.161 e. The molecule has 0 aliphatic carbocycles. The number of rotatable bonds is 14. The Kier molecular flexibility index (Phi) is 10.8. The predicted molar refractivity (Wildman–Crippen MR) is 115 cm³/mol. The van der Waals surface area contributed by atoms with Crippen LogP contribution < -0.4 is 14.8 Å². The second kappa shape index (κ2) is 13.4. The van der Waals surface area contributed by atoms with Crippen LogP contribution in [0.5, 0.6) is 11.5 Å². The van der Waals surface area contributed by atoms with Gasteiger partial charge in [-0.1, -0.05) is 37.1 Å². The largest absolute Gasteiger partial charge is 0.490 e. The van der Waals surface area contributed by atoms with Crippen LogP contribution in [0.25, 0.3) is 0 Å². The Labute approximate surface area is 178 Å². The minimum absolute atomic E-state index is 0.245. The first kappa shape index (κ1) is 23.5. The molecule has 4 nitrogen and oxygen atoms in total. The van der Waals surface area contributed by atoms with Crippen LogP contribution in [-0.4, -0.2) is 26.4 Å². The van der Waals surface area contributed by atoms with Crippen molar-refractivity contribution in [2.45, 2.75) is 46.3 Å². The van der Waals surface area contributed by atoms with Crippen molar-refractivity contribution in [2.75, 3.05) is 26.4 Å². The number of nitrogens with one attached hydrogen (secondary N) is 1. The van der Waals surface area contributed by atoms with Gasteiger partial charge in [0.25, 0.3) is 0 Å². The Hall–Kier alpha value is -1.82. The fourth-order valence-corrected chi connectivity index (χ4v) is 2.95. The molecule has 0 radical (unpaired) electrons. The summed E-state index contributed by atoms with van der Waals surface area (Å²) >= 11 is 6.07. The number of ether oxygens (including phenoxy) is 3. The molecule has 0 amide bonds. The van der Waals surface area contributed by atoms with Gasteiger partial charge in [0.2, 0.25) is 0 Å². The average Bonchev–Trinajstić information content (AvgIpc) is 2.70. The van der Waals surface area contributed by atoms with Crippen LogP contribution >= 0.6 is 11.6 Å². The zero-order valence-corrected chi connectivity index (χ0v) is 18.1. The van der Waals surface area contributed by atoms with Gasteiger partial charge < -0.3 is 19.5 Å². The number of hydrogen-bond acceptors (Lipinski definition) is 4. The molecule has 0 bridgehead atoms. The molecule has 2 aromatic carbocycles. The van der Waals surface area contributed by atoms with Gasteiger partial charge in [0.05, 0.1) is 11.6 Å². The molecule has 2 rings (SSSR count). The highest BCUT2D eigenvalue weighted by molar-refractivity contribution is 6.31. The monoisotopic (exact) mass is 423 g/mol. The van der Waals surface area contributed by atoms with Gasteiger partial charge >= 0.3 is 0 Å². The zero-order valence-electron chi connectivity index (χ0n) is 17.3. The van der Waals surface area contributed by atoms with Crippen molar-refractivity contribution in [1.29, 1.82) is 0 Å². The van der Waals surface area contributed by atoms with E-state index in [1.54, 1.807) is 6.07 Å². The zero-order chi connectivity index (χ0) is 20.9. The first-order valence-electron chi connectivity index (χ1n) is 10.2. The Morgan fingerprint density at radius 2 is 1.79 bits per heavy atom. The summed E-state index contributed by atoms with van der Waals surface area (Å²) in [5.41, 5.74) is 1.84. The fourth-order valence-electron chi connectivity index (χ4n) is 2.72. The molecule has 0 spiro atoms. The van der Waals surface area contributed by atoms with Crippen LogP contribution in [0.3, 0.4) is 0 Å². The predicted octanol–water partition coefficient (Wildman–Crippen LogP) is 5.75. The lowest BCUT2D eigenvalue weighted by Gasteiger charge is -2.14. The van der Waals surface area contributed by atoms with E-state index in [-0.39, 0.29) is 12.4 Å². The summed E-state index contributed by atoms with van der Waals surface area (Å²) in [5, 5.41) is 3.77. The molecule has 0 saturated carbocycles. The van der Waals surface area contributed by atoms with Crippen LogP contribution in [-0.2, 0) is 17.9 Å². The lowest BCUT2D eigenvalue weighted by atomic mass is 10.2. The van der Waals surface area contributed by atoms with Crippen molar-refractivity contribution in [1.82, 2.24) is 5.32 Å². The van der Waals surface area contributed by atoms with Crippen molar-refractivity contribution < 1.29 is 18.6 Å². The number of hydrogen-bond donors (Lipinski definition) is 1. The highest BCUT2D eigenvalue weighted by Gasteiger charge is 2.09. The minimum Gasteiger partial charge on any atom is -0.490 e. The highest BCUT2D eigenvalue weighted by atomic mass is 35.5. The van der Waals surface area contributed by atoms with E-state index >= 15 is 0 Å². The molecule has 0 saturated heterocycles. The Morgan fingerprint density at radius 3 is 2.55 bits per heavy atom. The molecule has 2 aromatic rings. The molecular weight excluding hydrogens is 393 g/mol. The summed E-state index contributed by atoms with van der Waals surface area (Å²) in [6.45, 7) is 8.17. The number of halogens is 2. The van der Waals surface area contributed by atoms with Crippen LogP contribution in [0.1, 0.15) is 44.2 Å². The van der Waals surface area contributed by atoms with Crippen LogP contribution in [0.4, 0.5) is 4.39 Å². The fraction of sp³-hybridized carbons (Fsp3) is 0.478. The van der Waals surface area contributed by atoms with Gasteiger partial charge in [-0.15, -0.1) is 0 Å². The third kappa shape index (κ3) is 8.60. The first-order valence-corrected chi connectivity index (χ1v) is 10.6. The van der Waals surface area contributed by atoms with Crippen LogP contribution in [0, 0.1) is 5.82 Å². The van der Waals surface area contributed by atoms with Gasteiger partial charge in [-0.05, 0) is 56.1 Å². The second-order valence-corrected chi connectivity index (χ2v) is 7.14.